The van der Waals surface area contributed by atoms with Gasteiger partial charge in [-0.2, -0.15) is 0 Å². The monoisotopic (exact) mass is 913 g/mol. The topological polar surface area (TPSA) is 25.8 Å². The third kappa shape index (κ3) is 10.9. The summed E-state index contributed by atoms with van der Waals surface area (Å²) in [5.41, 5.74) is 16.9. The highest BCUT2D eigenvalue weighted by Crippen LogP contribution is 2.58. The van der Waals surface area contributed by atoms with Crippen LogP contribution < -0.4 is 0 Å². The third-order valence-electron chi connectivity index (χ3n) is 16.2. The van der Waals surface area contributed by atoms with Gasteiger partial charge in [0.05, 0.1) is 9.75 Å². The molecule has 0 bridgehead atoms. The van der Waals surface area contributed by atoms with Crippen LogP contribution in [0.2, 0.25) is 0 Å². The largest absolute Gasteiger partial charge is 0.251 e. The number of unbranched alkanes of at least 4 members (excludes halogenated alkanes) is 20. The van der Waals surface area contributed by atoms with Crippen molar-refractivity contribution in [3.05, 3.63) is 120 Å². The Labute approximate surface area is 411 Å². The van der Waals surface area contributed by atoms with E-state index in [9.17, 15) is 0 Å². The Hall–Kier alpha value is -4.08. The molecular formula is C64H84N2S. The normalized spacial score (nSPS) is 14.1. The second kappa shape index (κ2) is 24.5. The van der Waals surface area contributed by atoms with Crippen molar-refractivity contribution in [3.63, 3.8) is 0 Å². The van der Waals surface area contributed by atoms with E-state index in [0.29, 0.717) is 0 Å². The van der Waals surface area contributed by atoms with E-state index in [1.165, 1.54) is 223 Å². The first-order valence-electron chi connectivity index (χ1n) is 27.8. The van der Waals surface area contributed by atoms with E-state index >= 15 is 0 Å². The number of thiophene rings is 1. The van der Waals surface area contributed by atoms with Crippen LogP contribution in [0.25, 0.3) is 54.2 Å². The summed E-state index contributed by atoms with van der Waals surface area (Å²) in [4.78, 5) is 12.9. The van der Waals surface area contributed by atoms with Crippen molar-refractivity contribution in [1.29, 1.82) is 0 Å². The lowest BCUT2D eigenvalue weighted by Crippen LogP contribution is -2.25. The molecule has 0 atom stereocenters. The maximum Gasteiger partial charge on any atom is 0.108 e. The molecule has 6 aromatic rings. The molecule has 0 radical (unpaired) electrons. The average Bonchev–Trinajstić information content (AvgIpc) is 3.98. The zero-order valence-electron chi connectivity index (χ0n) is 42.3. The maximum absolute atomic E-state index is 5.17. The lowest BCUT2D eigenvalue weighted by molar-refractivity contribution is 0.398. The van der Waals surface area contributed by atoms with Crippen molar-refractivity contribution in [2.24, 2.45) is 0 Å². The molecule has 4 aromatic carbocycles. The van der Waals surface area contributed by atoms with Crippen LogP contribution in [0.1, 0.15) is 230 Å². The zero-order chi connectivity index (χ0) is 46.3. The van der Waals surface area contributed by atoms with E-state index in [1.54, 1.807) is 22.3 Å². The van der Waals surface area contributed by atoms with Crippen molar-refractivity contribution < 1.29 is 0 Å². The third-order valence-corrected chi connectivity index (χ3v) is 17.5. The second-order valence-electron chi connectivity index (χ2n) is 20.9. The van der Waals surface area contributed by atoms with Crippen molar-refractivity contribution in [2.45, 2.75) is 218 Å². The predicted octanol–water partition coefficient (Wildman–Crippen LogP) is 20.6. The molecule has 2 aliphatic carbocycles. The van der Waals surface area contributed by atoms with Crippen molar-refractivity contribution >= 4 is 22.4 Å². The summed E-state index contributed by atoms with van der Waals surface area (Å²) in [6, 6.07) is 34.0. The van der Waals surface area contributed by atoms with Gasteiger partial charge in [-0.1, -0.05) is 255 Å². The van der Waals surface area contributed by atoms with Crippen LogP contribution >= 0.6 is 11.3 Å². The van der Waals surface area contributed by atoms with Gasteiger partial charge in [0.25, 0.3) is 0 Å². The molecule has 0 saturated carbocycles. The summed E-state index contributed by atoms with van der Waals surface area (Å²) < 4.78 is 0. The molecule has 3 heteroatoms. The lowest BCUT2D eigenvalue weighted by atomic mass is 9.70. The van der Waals surface area contributed by atoms with E-state index in [2.05, 4.69) is 113 Å². The first kappa shape index (κ1) is 49.3. The number of benzene rings is 4. The fourth-order valence-electron chi connectivity index (χ4n) is 12.6. The van der Waals surface area contributed by atoms with Crippen molar-refractivity contribution in [3.8, 4) is 43.1 Å². The van der Waals surface area contributed by atoms with Crippen molar-refractivity contribution in [2.75, 3.05) is 0 Å². The van der Waals surface area contributed by atoms with Crippen LogP contribution in [-0.4, -0.2) is 9.97 Å². The number of hydrogen-bond acceptors (Lipinski definition) is 3. The molecule has 0 fully saturated rings. The first-order chi connectivity index (χ1) is 33.1. The molecule has 0 N–H and O–H groups in total. The first-order valence-corrected chi connectivity index (χ1v) is 28.6. The van der Waals surface area contributed by atoms with Gasteiger partial charge in [-0.3, -0.25) is 9.97 Å². The molecule has 2 nitrogen and oxygen atoms in total. The highest BCUT2D eigenvalue weighted by molar-refractivity contribution is 7.20. The fraction of sp³-hybridized carbons (Fsp3) is 0.531. The Morgan fingerprint density at radius 3 is 1.01 bits per heavy atom. The molecule has 2 aliphatic rings. The van der Waals surface area contributed by atoms with Crippen LogP contribution in [0, 0.1) is 0 Å². The highest BCUT2D eigenvalue weighted by Gasteiger charge is 2.44. The number of rotatable bonds is 30. The molecule has 67 heavy (non-hydrogen) atoms. The molecule has 2 aromatic heterocycles. The van der Waals surface area contributed by atoms with Gasteiger partial charge in [0.1, 0.15) is 11.0 Å². The molecular weight excluding hydrogens is 829 g/mol. The standard InChI is InChI=1S/C64H84N2S/c1-5-9-13-17-21-29-41-63(42-30-22-18-14-10-6-2)55-35-27-25-33-51(55)53-39-37-49(47-57(53)63)61-59-60(66-46-45-65-59)62(67-61)50-38-40-54-52-34-26-28-36-56(52)64(58(54)48-50,43-31-23-19-15-11-7-3)44-32-24-20-16-12-8-4/h25-28,33-40,45-48H,5-24,29-32,41-44H2,1-4H3. The van der Waals surface area contributed by atoms with E-state index in [0.717, 1.165) is 11.0 Å². The molecule has 2 heterocycles. The number of aromatic nitrogens is 2. The van der Waals surface area contributed by atoms with Gasteiger partial charge in [-0.25, -0.2) is 0 Å². The van der Waals surface area contributed by atoms with Gasteiger partial charge in [0.15, 0.2) is 0 Å². The SMILES string of the molecule is CCCCCCCCC1(CCCCCCCC)c2ccccc2-c2ccc(-c3sc(-c4ccc5c(c4)C(CCCCCCCC)(CCCCCCCC)c4ccccc4-5)c4nccnc34)cc21. The molecule has 0 spiro atoms. The van der Waals surface area contributed by atoms with E-state index in [-0.39, 0.29) is 10.8 Å². The lowest BCUT2D eigenvalue weighted by Gasteiger charge is -2.33. The van der Waals surface area contributed by atoms with Crippen LogP contribution in [0.3, 0.4) is 0 Å². The Morgan fingerprint density at radius 2 is 0.657 bits per heavy atom. The summed E-state index contributed by atoms with van der Waals surface area (Å²) in [6.07, 6.45) is 40.7. The summed E-state index contributed by atoms with van der Waals surface area (Å²) in [6.45, 7) is 9.32. The minimum atomic E-state index is 0.0450. The van der Waals surface area contributed by atoms with Crippen LogP contribution in [0.5, 0.6) is 0 Å². The van der Waals surface area contributed by atoms with Gasteiger partial charge < -0.3 is 0 Å². The molecule has 0 saturated heterocycles. The smallest absolute Gasteiger partial charge is 0.108 e. The highest BCUT2D eigenvalue weighted by atomic mass is 32.1. The second-order valence-corrected chi connectivity index (χ2v) is 21.9. The minimum absolute atomic E-state index is 0.0450. The van der Waals surface area contributed by atoms with Crippen LogP contribution in [-0.2, 0) is 10.8 Å². The molecule has 0 unspecified atom stereocenters. The van der Waals surface area contributed by atoms with E-state index in [1.807, 2.05) is 23.7 Å². The molecule has 356 valence electrons. The number of fused-ring (bicyclic) bond motifs is 7. The Kier molecular flexibility index (Phi) is 18.0. The summed E-state index contributed by atoms with van der Waals surface area (Å²) in [5.74, 6) is 0. The van der Waals surface area contributed by atoms with Gasteiger partial charge in [-0.05, 0) is 93.5 Å². The number of hydrogen-bond donors (Lipinski definition) is 0. The molecule has 8 rings (SSSR count). The quantitative estimate of drug-likeness (QED) is 0.0421. The van der Waals surface area contributed by atoms with Gasteiger partial charge >= 0.3 is 0 Å². The molecule has 0 aliphatic heterocycles. The predicted molar refractivity (Wildman–Crippen MR) is 293 cm³/mol. The van der Waals surface area contributed by atoms with Crippen LogP contribution in [0.15, 0.2) is 97.3 Å². The fourth-order valence-corrected chi connectivity index (χ4v) is 13.8. The Morgan fingerprint density at radius 1 is 0.343 bits per heavy atom. The van der Waals surface area contributed by atoms with Gasteiger partial charge in [0.2, 0.25) is 0 Å². The van der Waals surface area contributed by atoms with E-state index < -0.39 is 0 Å². The number of nitrogens with zero attached hydrogens (tertiary/aromatic N) is 2. The van der Waals surface area contributed by atoms with Crippen molar-refractivity contribution in [1.82, 2.24) is 9.97 Å². The summed E-state index contributed by atoms with van der Waals surface area (Å²) in [5, 5.41) is 0. The minimum Gasteiger partial charge on any atom is -0.251 e. The van der Waals surface area contributed by atoms with E-state index in [4.69, 9.17) is 9.97 Å². The Bertz CT molecular complexity index is 2270. The maximum atomic E-state index is 5.17. The average molecular weight is 913 g/mol. The Balaban J connectivity index is 1.17. The summed E-state index contributed by atoms with van der Waals surface area (Å²) in [7, 11) is 0. The molecule has 0 amide bonds. The van der Waals surface area contributed by atoms with Crippen LogP contribution in [0.4, 0.5) is 0 Å². The summed E-state index contributed by atoms with van der Waals surface area (Å²) >= 11 is 1.93. The van der Waals surface area contributed by atoms with Gasteiger partial charge in [-0.15, -0.1) is 11.3 Å². The zero-order valence-corrected chi connectivity index (χ0v) is 43.2. The van der Waals surface area contributed by atoms with Gasteiger partial charge in [0, 0.05) is 23.2 Å².